The topological polar surface area (TPSA) is 81.7 Å². The molecule has 2 aromatic rings. The number of ether oxygens (including phenoxy) is 2. The first kappa shape index (κ1) is 20.6. The van der Waals surface area contributed by atoms with Crippen molar-refractivity contribution in [3.05, 3.63) is 52.5 Å². The molecule has 0 radical (unpaired) electrons. The van der Waals surface area contributed by atoms with E-state index in [-0.39, 0.29) is 21.6 Å². The van der Waals surface area contributed by atoms with Gasteiger partial charge in [-0.2, -0.15) is 0 Å². The first-order valence-electron chi connectivity index (χ1n) is 8.90. The Bertz CT molecular complexity index is 984. The maximum absolute atomic E-state index is 12.7. The van der Waals surface area contributed by atoms with Gasteiger partial charge in [0.2, 0.25) is 0 Å². The van der Waals surface area contributed by atoms with E-state index in [0.717, 1.165) is 31.3 Å². The van der Waals surface area contributed by atoms with Crippen molar-refractivity contribution in [2.24, 2.45) is 0 Å². The number of carbonyl (C=O) groups is 1. The summed E-state index contributed by atoms with van der Waals surface area (Å²) >= 11 is 6.12. The third-order valence-electron chi connectivity index (χ3n) is 4.44. The van der Waals surface area contributed by atoms with Crippen LogP contribution in [0.25, 0.3) is 0 Å². The Balaban J connectivity index is 1.82. The lowest BCUT2D eigenvalue weighted by Crippen LogP contribution is -2.18. The zero-order valence-electron chi connectivity index (χ0n) is 15.7. The van der Waals surface area contributed by atoms with Crippen molar-refractivity contribution < 1.29 is 22.7 Å². The highest BCUT2D eigenvalue weighted by molar-refractivity contribution is 7.90. The Kier molecular flexibility index (Phi) is 6.27. The average Bonchev–Trinajstić information content (AvgIpc) is 3.14. The zero-order chi connectivity index (χ0) is 20.3. The molecular formula is C20H22ClNO5S. The molecule has 1 aliphatic rings. The predicted molar refractivity (Wildman–Crippen MR) is 108 cm³/mol. The highest BCUT2D eigenvalue weighted by Gasteiger charge is 2.19. The van der Waals surface area contributed by atoms with E-state index < -0.39 is 15.7 Å². The number of hydrogen-bond acceptors (Lipinski definition) is 5. The van der Waals surface area contributed by atoms with Crippen molar-refractivity contribution in [2.75, 3.05) is 24.8 Å². The lowest BCUT2D eigenvalue weighted by atomic mass is 10.1. The molecule has 2 aromatic carbocycles. The number of amides is 1. The van der Waals surface area contributed by atoms with E-state index in [9.17, 15) is 13.2 Å². The molecule has 1 atom stereocenters. The van der Waals surface area contributed by atoms with E-state index in [1.807, 2.05) is 19.1 Å². The summed E-state index contributed by atoms with van der Waals surface area (Å²) in [4.78, 5) is 12.8. The summed E-state index contributed by atoms with van der Waals surface area (Å²) in [5.41, 5.74) is 1.54. The smallest absolute Gasteiger partial charge is 0.257 e. The number of rotatable bonds is 6. The zero-order valence-corrected chi connectivity index (χ0v) is 17.3. The van der Waals surface area contributed by atoms with Crippen LogP contribution in [0.15, 0.2) is 41.3 Å². The quantitative estimate of drug-likeness (QED) is 0.762. The average molecular weight is 424 g/mol. The Labute approximate surface area is 169 Å². The van der Waals surface area contributed by atoms with Crippen LogP contribution in [0.5, 0.6) is 5.75 Å². The van der Waals surface area contributed by atoms with Crippen LogP contribution >= 0.6 is 11.6 Å². The van der Waals surface area contributed by atoms with E-state index >= 15 is 0 Å². The monoisotopic (exact) mass is 423 g/mol. The molecule has 1 unspecified atom stereocenters. The molecule has 3 rings (SSSR count). The number of nitrogens with one attached hydrogen (secondary N) is 1. The van der Waals surface area contributed by atoms with Crippen LogP contribution in [0.4, 0.5) is 5.69 Å². The summed E-state index contributed by atoms with van der Waals surface area (Å²) in [6.07, 6.45) is 3.08. The Morgan fingerprint density at radius 1 is 1.29 bits per heavy atom. The highest BCUT2D eigenvalue weighted by Crippen LogP contribution is 2.29. The third-order valence-corrected chi connectivity index (χ3v) is 5.88. The first-order chi connectivity index (χ1) is 13.2. The molecule has 8 heteroatoms. The van der Waals surface area contributed by atoms with Crippen molar-refractivity contribution in [2.45, 2.75) is 30.8 Å². The minimum absolute atomic E-state index is 0.0285. The van der Waals surface area contributed by atoms with Crippen molar-refractivity contribution in [1.82, 2.24) is 0 Å². The largest absolute Gasteiger partial charge is 0.489 e. The molecule has 1 amide bonds. The van der Waals surface area contributed by atoms with Gasteiger partial charge in [0.15, 0.2) is 9.84 Å². The summed E-state index contributed by atoms with van der Waals surface area (Å²) in [5.74, 6) is 0.0144. The first-order valence-corrected chi connectivity index (χ1v) is 11.2. The second kappa shape index (κ2) is 8.51. The van der Waals surface area contributed by atoms with Gasteiger partial charge >= 0.3 is 0 Å². The van der Waals surface area contributed by atoms with Crippen LogP contribution in [0.2, 0.25) is 5.02 Å². The fourth-order valence-electron chi connectivity index (χ4n) is 2.91. The second-order valence-electron chi connectivity index (χ2n) is 6.81. The van der Waals surface area contributed by atoms with Crippen LogP contribution in [-0.2, 0) is 14.6 Å². The van der Waals surface area contributed by atoms with E-state index in [0.29, 0.717) is 18.0 Å². The third kappa shape index (κ3) is 5.04. The fourth-order valence-corrected chi connectivity index (χ4v) is 3.76. The van der Waals surface area contributed by atoms with Gasteiger partial charge in [-0.25, -0.2) is 8.42 Å². The standard InChI is InChI=1S/C20H22ClNO5S/c1-13-5-8-18(19(10-13)27-12-14-4-3-9-26-14)22-20(23)16-11-15(28(2,24)25)6-7-17(16)21/h5-8,10-11,14H,3-4,9,12H2,1-2H3,(H,22,23). The summed E-state index contributed by atoms with van der Waals surface area (Å²) in [6.45, 7) is 3.06. The molecule has 1 N–H and O–H groups in total. The van der Waals surface area contributed by atoms with Gasteiger partial charge in [0.05, 0.1) is 27.3 Å². The highest BCUT2D eigenvalue weighted by atomic mass is 35.5. The van der Waals surface area contributed by atoms with Crippen LogP contribution in [-0.4, -0.2) is 39.9 Å². The number of benzene rings is 2. The number of carbonyl (C=O) groups excluding carboxylic acids is 1. The number of anilines is 1. The molecule has 0 saturated carbocycles. The molecule has 0 spiro atoms. The molecule has 6 nitrogen and oxygen atoms in total. The lowest BCUT2D eigenvalue weighted by Gasteiger charge is -2.16. The van der Waals surface area contributed by atoms with Gasteiger partial charge in [0.1, 0.15) is 12.4 Å². The van der Waals surface area contributed by atoms with Gasteiger partial charge in [-0.3, -0.25) is 4.79 Å². The van der Waals surface area contributed by atoms with Gasteiger partial charge in [-0.1, -0.05) is 17.7 Å². The van der Waals surface area contributed by atoms with E-state index in [1.165, 1.54) is 18.2 Å². The van der Waals surface area contributed by atoms with Crippen LogP contribution < -0.4 is 10.1 Å². The molecule has 1 aliphatic heterocycles. The second-order valence-corrected chi connectivity index (χ2v) is 9.24. The number of aryl methyl sites for hydroxylation is 1. The summed E-state index contributed by atoms with van der Waals surface area (Å²) in [7, 11) is -3.46. The molecule has 1 saturated heterocycles. The Morgan fingerprint density at radius 2 is 2.07 bits per heavy atom. The molecule has 1 heterocycles. The molecule has 0 aromatic heterocycles. The van der Waals surface area contributed by atoms with E-state index in [4.69, 9.17) is 21.1 Å². The van der Waals surface area contributed by atoms with Gasteiger partial charge < -0.3 is 14.8 Å². The molecular weight excluding hydrogens is 402 g/mol. The van der Waals surface area contributed by atoms with Crippen LogP contribution in [0.3, 0.4) is 0 Å². The van der Waals surface area contributed by atoms with Crippen LogP contribution in [0.1, 0.15) is 28.8 Å². The van der Waals surface area contributed by atoms with Crippen molar-refractivity contribution >= 4 is 33.0 Å². The van der Waals surface area contributed by atoms with Crippen LogP contribution in [0, 0.1) is 6.92 Å². The Morgan fingerprint density at radius 3 is 2.75 bits per heavy atom. The minimum atomic E-state index is -3.46. The SMILES string of the molecule is Cc1ccc(NC(=O)c2cc(S(C)(=O)=O)ccc2Cl)c(OCC2CCCO2)c1. The maximum atomic E-state index is 12.7. The molecule has 0 bridgehead atoms. The summed E-state index contributed by atoms with van der Waals surface area (Å²) in [5, 5.41) is 2.93. The molecule has 150 valence electrons. The van der Waals surface area contributed by atoms with Gasteiger partial charge in [-0.15, -0.1) is 0 Å². The summed E-state index contributed by atoms with van der Waals surface area (Å²) in [6, 6.07) is 9.47. The number of sulfone groups is 1. The van der Waals surface area contributed by atoms with Gasteiger partial charge in [0, 0.05) is 12.9 Å². The maximum Gasteiger partial charge on any atom is 0.257 e. The Hall–Kier alpha value is -2.09. The van der Waals surface area contributed by atoms with Crippen molar-refractivity contribution in [3.8, 4) is 5.75 Å². The fraction of sp³-hybridized carbons (Fsp3) is 0.350. The van der Waals surface area contributed by atoms with E-state index in [2.05, 4.69) is 5.32 Å². The predicted octanol–water partition coefficient (Wildman–Crippen LogP) is 3.86. The van der Waals surface area contributed by atoms with E-state index in [1.54, 1.807) is 6.07 Å². The molecule has 1 fully saturated rings. The molecule has 28 heavy (non-hydrogen) atoms. The number of halogens is 1. The van der Waals surface area contributed by atoms with Gasteiger partial charge in [0.25, 0.3) is 5.91 Å². The van der Waals surface area contributed by atoms with Crippen molar-refractivity contribution in [1.29, 1.82) is 0 Å². The van der Waals surface area contributed by atoms with Gasteiger partial charge in [-0.05, 0) is 55.7 Å². The number of hydrogen-bond donors (Lipinski definition) is 1. The molecule has 0 aliphatic carbocycles. The lowest BCUT2D eigenvalue weighted by molar-refractivity contribution is 0.0681. The minimum Gasteiger partial charge on any atom is -0.489 e. The van der Waals surface area contributed by atoms with Crippen molar-refractivity contribution in [3.63, 3.8) is 0 Å². The normalized spacial score (nSPS) is 16.8. The summed E-state index contributed by atoms with van der Waals surface area (Å²) < 4.78 is 35.0.